The quantitative estimate of drug-likeness (QED) is 0.638. The molecule has 0 saturated carbocycles. The molecule has 0 spiro atoms. The summed E-state index contributed by atoms with van der Waals surface area (Å²) in [6.45, 7) is -2.91. The van der Waals surface area contributed by atoms with E-state index in [0.717, 1.165) is 0 Å². The molecule has 90 valence electrons. The number of rotatable bonds is 5. The molecule has 0 bridgehead atoms. The van der Waals surface area contributed by atoms with Crippen LogP contribution in [0.1, 0.15) is 18.1 Å². The zero-order valence-corrected chi connectivity index (χ0v) is 11.1. The first-order valence-electron chi connectivity index (χ1n) is 4.53. The Morgan fingerprint density at radius 2 is 2.12 bits per heavy atom. The Hall–Kier alpha value is -0.140. The summed E-state index contributed by atoms with van der Waals surface area (Å²) in [5.74, 6) is -0.0308. The fraction of sp³-hybridized carbons (Fsp3) is 0.400. The van der Waals surface area contributed by atoms with Gasteiger partial charge >= 0.3 is 6.61 Å². The lowest BCUT2D eigenvalue weighted by Gasteiger charge is -2.15. The number of halogens is 4. The highest BCUT2D eigenvalue weighted by Crippen LogP contribution is 2.31. The molecule has 0 saturated heterocycles. The predicted molar refractivity (Wildman–Crippen MR) is 66.5 cm³/mol. The van der Waals surface area contributed by atoms with Gasteiger partial charge in [0, 0.05) is 15.0 Å². The van der Waals surface area contributed by atoms with Crippen LogP contribution >= 0.6 is 34.2 Å². The van der Waals surface area contributed by atoms with Gasteiger partial charge in [0.25, 0.3) is 0 Å². The van der Waals surface area contributed by atoms with Gasteiger partial charge in [-0.2, -0.15) is 8.78 Å². The average molecular weight is 363 g/mol. The van der Waals surface area contributed by atoms with Crippen LogP contribution in [0.2, 0.25) is 5.02 Å². The lowest BCUT2D eigenvalue weighted by atomic mass is 10.1. The first kappa shape index (κ1) is 13.9. The minimum atomic E-state index is -2.91. The molecule has 16 heavy (non-hydrogen) atoms. The Labute approximate surface area is 111 Å². The van der Waals surface area contributed by atoms with E-state index in [9.17, 15) is 13.9 Å². The second kappa shape index (κ2) is 6.56. The molecule has 0 aromatic heterocycles. The van der Waals surface area contributed by atoms with Crippen molar-refractivity contribution < 1.29 is 18.6 Å². The third kappa shape index (κ3) is 4.03. The largest absolute Gasteiger partial charge is 0.434 e. The van der Waals surface area contributed by atoms with Crippen molar-refractivity contribution in [2.45, 2.75) is 19.1 Å². The van der Waals surface area contributed by atoms with E-state index in [-0.39, 0.29) is 5.75 Å². The molecule has 2 nitrogen and oxygen atoms in total. The molecule has 0 amide bonds. The van der Waals surface area contributed by atoms with Crippen LogP contribution in [0.5, 0.6) is 5.75 Å². The molecule has 0 radical (unpaired) electrons. The van der Waals surface area contributed by atoms with Gasteiger partial charge in [0.1, 0.15) is 5.75 Å². The van der Waals surface area contributed by atoms with Crippen molar-refractivity contribution in [3.05, 3.63) is 28.8 Å². The van der Waals surface area contributed by atoms with Crippen LogP contribution in [-0.2, 0) is 0 Å². The molecular formula is C10H10ClF2IO2. The third-order valence-electron chi connectivity index (χ3n) is 1.93. The summed E-state index contributed by atoms with van der Waals surface area (Å²) in [5.41, 5.74) is 0.296. The van der Waals surface area contributed by atoms with Gasteiger partial charge in [0.15, 0.2) is 0 Å². The standard InChI is InChI=1S/C10H10ClF2IO2/c11-6-1-2-9(16-10(12)13)7(5-6)8(15)3-4-14/h1-2,5,8,10,15H,3-4H2. The molecule has 0 heterocycles. The van der Waals surface area contributed by atoms with Crippen molar-refractivity contribution in [2.75, 3.05) is 4.43 Å². The van der Waals surface area contributed by atoms with Crippen LogP contribution in [-0.4, -0.2) is 16.1 Å². The monoisotopic (exact) mass is 362 g/mol. The molecule has 1 aromatic carbocycles. The molecule has 1 atom stereocenters. The van der Waals surface area contributed by atoms with Crippen LogP contribution < -0.4 is 4.74 Å². The number of hydrogen-bond acceptors (Lipinski definition) is 2. The molecule has 0 aliphatic rings. The summed E-state index contributed by atoms with van der Waals surface area (Å²) in [7, 11) is 0. The molecular weight excluding hydrogens is 352 g/mol. The summed E-state index contributed by atoms with van der Waals surface area (Å²) in [6, 6.07) is 4.22. The molecule has 1 unspecified atom stereocenters. The lowest BCUT2D eigenvalue weighted by molar-refractivity contribution is -0.0515. The topological polar surface area (TPSA) is 29.5 Å². The average Bonchev–Trinajstić information content (AvgIpc) is 2.20. The van der Waals surface area contributed by atoms with E-state index in [2.05, 4.69) is 27.3 Å². The molecule has 6 heteroatoms. The number of aliphatic hydroxyl groups excluding tert-OH is 1. The van der Waals surface area contributed by atoms with Crippen molar-refractivity contribution in [3.8, 4) is 5.75 Å². The highest BCUT2D eigenvalue weighted by molar-refractivity contribution is 14.1. The van der Waals surface area contributed by atoms with E-state index in [1.54, 1.807) is 0 Å². The maximum Gasteiger partial charge on any atom is 0.387 e. The Kier molecular flexibility index (Phi) is 5.71. The van der Waals surface area contributed by atoms with Gasteiger partial charge in [0.05, 0.1) is 6.10 Å². The first-order chi connectivity index (χ1) is 7.54. The lowest BCUT2D eigenvalue weighted by Crippen LogP contribution is -2.07. The highest BCUT2D eigenvalue weighted by Gasteiger charge is 2.16. The van der Waals surface area contributed by atoms with E-state index >= 15 is 0 Å². The van der Waals surface area contributed by atoms with Crippen molar-refractivity contribution >= 4 is 34.2 Å². The highest BCUT2D eigenvalue weighted by atomic mass is 127. The smallest absolute Gasteiger partial charge is 0.387 e. The maximum atomic E-state index is 12.1. The molecule has 0 aliphatic carbocycles. The van der Waals surface area contributed by atoms with Gasteiger partial charge < -0.3 is 9.84 Å². The van der Waals surface area contributed by atoms with E-state index in [0.29, 0.717) is 21.4 Å². The van der Waals surface area contributed by atoms with Crippen molar-refractivity contribution in [3.63, 3.8) is 0 Å². The molecule has 1 N–H and O–H groups in total. The van der Waals surface area contributed by atoms with Crippen LogP contribution in [0.3, 0.4) is 0 Å². The normalized spacial score (nSPS) is 12.9. The summed E-state index contributed by atoms with van der Waals surface area (Å²) in [6.07, 6.45) is -0.384. The fourth-order valence-electron chi connectivity index (χ4n) is 1.24. The second-order valence-electron chi connectivity index (χ2n) is 3.05. The number of hydrogen-bond donors (Lipinski definition) is 1. The summed E-state index contributed by atoms with van der Waals surface area (Å²) in [4.78, 5) is 0. The van der Waals surface area contributed by atoms with Crippen LogP contribution in [0.4, 0.5) is 8.78 Å². The van der Waals surface area contributed by atoms with Gasteiger partial charge in [-0.05, 0) is 24.6 Å². The van der Waals surface area contributed by atoms with E-state index < -0.39 is 12.7 Å². The molecule has 1 rings (SSSR count). The third-order valence-corrected chi connectivity index (χ3v) is 2.79. The Bertz CT molecular complexity index is 350. The zero-order chi connectivity index (χ0) is 12.1. The Balaban J connectivity index is 2.97. The summed E-state index contributed by atoms with van der Waals surface area (Å²) in [5, 5.41) is 10.1. The first-order valence-corrected chi connectivity index (χ1v) is 6.43. The summed E-state index contributed by atoms with van der Waals surface area (Å²) < 4.78 is 29.2. The Morgan fingerprint density at radius 3 is 2.69 bits per heavy atom. The number of alkyl halides is 3. The van der Waals surface area contributed by atoms with E-state index in [1.165, 1.54) is 18.2 Å². The van der Waals surface area contributed by atoms with Gasteiger partial charge in [-0.15, -0.1) is 0 Å². The van der Waals surface area contributed by atoms with Crippen molar-refractivity contribution in [1.82, 2.24) is 0 Å². The van der Waals surface area contributed by atoms with Gasteiger partial charge in [-0.1, -0.05) is 34.2 Å². The molecule has 1 aromatic rings. The SMILES string of the molecule is OC(CCI)c1cc(Cl)ccc1OC(F)F. The van der Waals surface area contributed by atoms with Crippen molar-refractivity contribution in [2.24, 2.45) is 0 Å². The van der Waals surface area contributed by atoms with Gasteiger partial charge in [-0.3, -0.25) is 0 Å². The van der Waals surface area contributed by atoms with Gasteiger partial charge in [0.2, 0.25) is 0 Å². The fourth-order valence-corrected chi connectivity index (χ4v) is 2.01. The van der Waals surface area contributed by atoms with E-state index in [1.807, 2.05) is 0 Å². The van der Waals surface area contributed by atoms with E-state index in [4.69, 9.17) is 11.6 Å². The minimum absolute atomic E-state index is 0.0308. The Morgan fingerprint density at radius 1 is 1.44 bits per heavy atom. The van der Waals surface area contributed by atoms with Crippen LogP contribution in [0, 0.1) is 0 Å². The summed E-state index contributed by atoms with van der Waals surface area (Å²) >= 11 is 7.83. The number of aliphatic hydroxyl groups is 1. The molecule has 0 aliphatic heterocycles. The zero-order valence-electron chi connectivity index (χ0n) is 8.17. The minimum Gasteiger partial charge on any atom is -0.434 e. The van der Waals surface area contributed by atoms with Gasteiger partial charge in [-0.25, -0.2) is 0 Å². The van der Waals surface area contributed by atoms with Crippen LogP contribution in [0.25, 0.3) is 0 Å². The van der Waals surface area contributed by atoms with Crippen LogP contribution in [0.15, 0.2) is 18.2 Å². The predicted octanol–water partition coefficient (Wildman–Crippen LogP) is 3.80. The number of benzene rings is 1. The van der Waals surface area contributed by atoms with Crippen molar-refractivity contribution in [1.29, 1.82) is 0 Å². The maximum absolute atomic E-state index is 12.1. The molecule has 0 fully saturated rings. The number of ether oxygens (including phenoxy) is 1. The second-order valence-corrected chi connectivity index (χ2v) is 4.57.